The minimum absolute atomic E-state index is 0. The summed E-state index contributed by atoms with van der Waals surface area (Å²) in [7, 11) is 0. The number of fused-ring (bicyclic) bond motifs is 20. The van der Waals surface area contributed by atoms with Crippen molar-refractivity contribution < 1.29 is 36.5 Å². The number of hydrogen-bond donors (Lipinski definition) is 8. The second-order valence-corrected chi connectivity index (χ2v) is 17.5. The maximum Gasteiger partial charge on any atom is 0.213 e. The van der Waals surface area contributed by atoms with Crippen LogP contribution in [0, 0.1) is 87.8 Å². The topological polar surface area (TPSA) is 269 Å². The van der Waals surface area contributed by atoms with E-state index in [2.05, 4.69) is 42.5 Å². The predicted octanol–water partition coefficient (Wildman–Crippen LogP) is -0.376. The van der Waals surface area contributed by atoms with Gasteiger partial charge in [-0.05, 0) is 73.0 Å². The van der Waals surface area contributed by atoms with Crippen LogP contribution in [0.2, 0.25) is 0 Å². The summed E-state index contributed by atoms with van der Waals surface area (Å²) >= 11 is 0. The molecule has 297 valence electrons. The molecule has 8 bridgehead atoms. The van der Waals surface area contributed by atoms with Crippen molar-refractivity contribution in [2.24, 2.45) is 47.3 Å². The molecule has 0 spiro atoms. The van der Waals surface area contributed by atoms with E-state index < -0.39 is 24.2 Å². The van der Waals surface area contributed by atoms with Crippen LogP contribution in [0.15, 0.2) is 0 Å². The van der Waals surface area contributed by atoms with Gasteiger partial charge in [0.1, 0.15) is 0 Å². The van der Waals surface area contributed by atoms with Crippen LogP contribution in [0.3, 0.4) is 0 Å². The fourth-order valence-corrected chi connectivity index (χ4v) is 12.7. The SMILES string of the molecule is O=[N+]([O-])C1CCC2C3NC(NC4NC(NC5NC(NC6NC(N3)C3CC([N+](=O)[O-])CCC63)C3CC([N+](=O)[O-])CCC53)C3CC([N+](=O)[O-])CCC43)C2C1.[Co]. The molecular weight excluding hydrogens is 739 g/mol. The summed E-state index contributed by atoms with van der Waals surface area (Å²) in [6.45, 7) is 0. The second-order valence-electron chi connectivity index (χ2n) is 17.5. The van der Waals surface area contributed by atoms with Gasteiger partial charge in [-0.1, -0.05) is 0 Å². The zero-order chi connectivity index (χ0) is 36.0. The van der Waals surface area contributed by atoms with Crippen molar-refractivity contribution in [1.29, 1.82) is 0 Å². The molecule has 0 aromatic rings. The van der Waals surface area contributed by atoms with Gasteiger partial charge in [0.05, 0.1) is 49.3 Å². The van der Waals surface area contributed by atoms with E-state index in [1.165, 1.54) is 0 Å². The van der Waals surface area contributed by atoms with Gasteiger partial charge in [0.2, 0.25) is 24.2 Å². The summed E-state index contributed by atoms with van der Waals surface area (Å²) in [5.74, 6) is 0.284. The molecule has 20 nitrogen and oxygen atoms in total. The Kier molecular flexibility index (Phi) is 10.5. The third kappa shape index (κ3) is 6.75. The first-order valence-electron chi connectivity index (χ1n) is 19.6. The smallest absolute Gasteiger partial charge is 0.213 e. The van der Waals surface area contributed by atoms with Crippen LogP contribution in [0.1, 0.15) is 77.0 Å². The zero-order valence-electron chi connectivity index (χ0n) is 29.4. The average molecular weight is 792 g/mol. The van der Waals surface area contributed by atoms with Crippen molar-refractivity contribution in [1.82, 2.24) is 42.5 Å². The molecule has 0 amide bonds. The Hall–Kier alpha value is -2.21. The van der Waals surface area contributed by atoms with Gasteiger partial charge < -0.3 is 0 Å². The Balaban J connectivity index is 0.00000400. The predicted molar refractivity (Wildman–Crippen MR) is 182 cm³/mol. The van der Waals surface area contributed by atoms with Gasteiger partial charge in [0, 0.05) is 87.8 Å². The third-order valence-electron chi connectivity index (χ3n) is 15.2. The van der Waals surface area contributed by atoms with Crippen LogP contribution in [-0.2, 0) is 16.8 Å². The quantitative estimate of drug-likeness (QED) is 0.133. The van der Waals surface area contributed by atoms with Crippen molar-refractivity contribution in [3.05, 3.63) is 40.5 Å². The van der Waals surface area contributed by atoms with Gasteiger partial charge in [-0.2, -0.15) is 0 Å². The normalized spacial score (nSPS) is 51.5. The van der Waals surface area contributed by atoms with E-state index in [4.69, 9.17) is 0 Å². The Morgan fingerprint density at radius 3 is 0.642 bits per heavy atom. The number of nitro groups is 4. The van der Waals surface area contributed by atoms with Crippen LogP contribution >= 0.6 is 0 Å². The monoisotopic (exact) mass is 791 g/mol. The van der Waals surface area contributed by atoms with Crippen LogP contribution < -0.4 is 42.5 Å². The number of nitrogens with zero attached hydrogens (tertiary/aromatic N) is 4. The van der Waals surface area contributed by atoms with Crippen molar-refractivity contribution in [3.8, 4) is 0 Å². The van der Waals surface area contributed by atoms with E-state index in [9.17, 15) is 40.5 Å². The Bertz CT molecular complexity index is 1250. The Morgan fingerprint density at radius 1 is 0.302 bits per heavy atom. The van der Waals surface area contributed by atoms with Gasteiger partial charge in [-0.25, -0.2) is 0 Å². The average Bonchev–Trinajstić information content (AvgIpc) is 3.85. The maximum atomic E-state index is 12.0. The number of nitrogens with one attached hydrogen (secondary N) is 8. The van der Waals surface area contributed by atoms with E-state index in [1.54, 1.807) is 0 Å². The molecule has 12 unspecified atom stereocenters. The largest absolute Gasteiger partial charge is 0.286 e. The van der Waals surface area contributed by atoms with Crippen LogP contribution in [-0.4, -0.2) is 93.2 Å². The fraction of sp³-hybridized carbons (Fsp3) is 1.00. The molecule has 8 N–H and O–H groups in total. The van der Waals surface area contributed by atoms with E-state index >= 15 is 0 Å². The van der Waals surface area contributed by atoms with Gasteiger partial charge in [0.25, 0.3) is 0 Å². The molecule has 4 aliphatic carbocycles. The van der Waals surface area contributed by atoms with Crippen LogP contribution in [0.5, 0.6) is 0 Å². The molecule has 21 heteroatoms. The summed E-state index contributed by atoms with van der Waals surface area (Å²) in [6.07, 6.45) is 4.64. The first kappa shape index (κ1) is 37.7. The molecule has 9 rings (SSSR count). The summed E-state index contributed by atoms with van der Waals surface area (Å²) in [4.78, 5) is 47.5. The van der Waals surface area contributed by atoms with E-state index in [0.29, 0.717) is 77.0 Å². The molecule has 4 saturated carbocycles. The molecule has 53 heavy (non-hydrogen) atoms. The Labute approximate surface area is 316 Å². The molecule has 9 aliphatic rings. The molecule has 5 saturated heterocycles. The Morgan fingerprint density at radius 2 is 0.472 bits per heavy atom. The summed E-state index contributed by atoms with van der Waals surface area (Å²) in [5.41, 5.74) is 0. The molecule has 9 fully saturated rings. The molecule has 0 aromatic heterocycles. The minimum Gasteiger partial charge on any atom is -0.286 e. The minimum atomic E-state index is -0.629. The summed E-state index contributed by atoms with van der Waals surface area (Å²) < 4.78 is 0. The van der Waals surface area contributed by atoms with Crippen LogP contribution in [0.25, 0.3) is 0 Å². The fourth-order valence-electron chi connectivity index (χ4n) is 12.7. The van der Waals surface area contributed by atoms with Gasteiger partial charge >= 0.3 is 0 Å². The first-order chi connectivity index (χ1) is 25.0. The third-order valence-corrected chi connectivity index (χ3v) is 15.2. The van der Waals surface area contributed by atoms with E-state index in [1.807, 2.05) is 0 Å². The van der Waals surface area contributed by atoms with Crippen molar-refractivity contribution >= 4 is 0 Å². The maximum absolute atomic E-state index is 12.0. The summed E-state index contributed by atoms with van der Waals surface area (Å²) in [6, 6.07) is -2.51. The standard InChI is InChI=1S/C32H52N12O8.Co/c45-41(46)13-1-5-17-21(9-13)29-33-25(17)37-30-22-10-14(42(47)48)2-6-18(22)27(34-30)39-32-24-12-16(44(51)52)4-8-20(24)28(36-32)40-31-23-11-15(43(49)50)3-7-19(23)26(35-31)38-29;/h13-40H,1-12H2;. The molecule has 0 aromatic carbocycles. The van der Waals surface area contributed by atoms with Crippen molar-refractivity contribution in [3.63, 3.8) is 0 Å². The molecule has 5 heterocycles. The first-order valence-corrected chi connectivity index (χ1v) is 19.6. The van der Waals surface area contributed by atoms with Crippen molar-refractivity contribution in [2.45, 2.75) is 151 Å². The molecule has 12 atom stereocenters. The van der Waals surface area contributed by atoms with Gasteiger partial charge in [-0.15, -0.1) is 0 Å². The molecule has 1 radical (unpaired) electrons. The number of hydrogen-bond acceptors (Lipinski definition) is 16. The summed E-state index contributed by atoms with van der Waals surface area (Å²) in [5, 5.41) is 78.7. The number of rotatable bonds is 4. The van der Waals surface area contributed by atoms with E-state index in [-0.39, 0.29) is 133 Å². The van der Waals surface area contributed by atoms with E-state index in [0.717, 1.165) is 0 Å². The molecule has 5 aliphatic heterocycles. The van der Waals surface area contributed by atoms with Crippen LogP contribution in [0.4, 0.5) is 0 Å². The van der Waals surface area contributed by atoms with Crippen molar-refractivity contribution in [2.75, 3.05) is 0 Å². The van der Waals surface area contributed by atoms with Gasteiger partial charge in [-0.3, -0.25) is 83.0 Å². The molecular formula is C32H52CoN12O8. The van der Waals surface area contributed by atoms with Gasteiger partial charge in [0.15, 0.2) is 0 Å². The second kappa shape index (κ2) is 14.7. The zero-order valence-corrected chi connectivity index (χ0v) is 30.5.